The smallest absolute Gasteiger partial charge is 0.0962 e. The number of hydrazine groups is 1. The van der Waals surface area contributed by atoms with Crippen LogP contribution in [0.15, 0.2) is 28.9 Å². The molecule has 0 bridgehead atoms. The first-order valence-electron chi connectivity index (χ1n) is 3.69. The Morgan fingerprint density at radius 3 is 3.00 bits per heavy atom. The van der Waals surface area contributed by atoms with Crippen LogP contribution in [0, 0.1) is 0 Å². The van der Waals surface area contributed by atoms with E-state index in [9.17, 15) is 0 Å². The molecule has 0 spiro atoms. The summed E-state index contributed by atoms with van der Waals surface area (Å²) in [5, 5.41) is 8.75. The van der Waals surface area contributed by atoms with Gasteiger partial charge in [-0.15, -0.1) is 0 Å². The molecule has 1 aromatic heterocycles. The number of nitrogens with two attached hydrogens (primary N) is 1. The van der Waals surface area contributed by atoms with Gasteiger partial charge in [-0.2, -0.15) is 10.2 Å². The van der Waals surface area contributed by atoms with Crippen molar-refractivity contribution < 1.29 is 0 Å². The molecule has 2 aromatic rings. The van der Waals surface area contributed by atoms with Crippen molar-refractivity contribution in [3.63, 3.8) is 0 Å². The number of anilines is 1. The molecule has 0 aliphatic carbocycles. The van der Waals surface area contributed by atoms with E-state index < -0.39 is 0 Å². The minimum absolute atomic E-state index is 0.775. The van der Waals surface area contributed by atoms with E-state index in [0.29, 0.717) is 0 Å². The lowest BCUT2D eigenvalue weighted by molar-refractivity contribution is 1.07. The van der Waals surface area contributed by atoms with E-state index in [4.69, 9.17) is 5.84 Å². The van der Waals surface area contributed by atoms with E-state index in [1.165, 1.54) is 0 Å². The van der Waals surface area contributed by atoms with E-state index in [0.717, 1.165) is 21.1 Å². The van der Waals surface area contributed by atoms with E-state index in [-0.39, 0.29) is 0 Å². The van der Waals surface area contributed by atoms with Gasteiger partial charge in [0.05, 0.1) is 17.4 Å². The van der Waals surface area contributed by atoms with Gasteiger partial charge >= 0.3 is 0 Å². The van der Waals surface area contributed by atoms with Gasteiger partial charge in [-0.3, -0.25) is 5.84 Å². The molecule has 2 rings (SSSR count). The number of nitrogens with one attached hydrogen (secondary N) is 1. The summed E-state index contributed by atoms with van der Waals surface area (Å²) in [7, 11) is 0. The Morgan fingerprint density at radius 2 is 2.23 bits per heavy atom. The lowest BCUT2D eigenvalue weighted by Crippen LogP contribution is -2.07. The van der Waals surface area contributed by atoms with Crippen molar-refractivity contribution in [1.82, 2.24) is 10.2 Å². The fraction of sp³-hybridized carbons (Fsp3) is 0. The summed E-state index contributed by atoms with van der Waals surface area (Å²) in [6.07, 6.45) is 1.59. The van der Waals surface area contributed by atoms with E-state index in [1.807, 2.05) is 18.2 Å². The number of nitrogens with zero attached hydrogens (tertiary/aromatic N) is 2. The van der Waals surface area contributed by atoms with Gasteiger partial charge < -0.3 is 5.43 Å². The van der Waals surface area contributed by atoms with E-state index in [2.05, 4.69) is 31.6 Å². The van der Waals surface area contributed by atoms with Crippen LogP contribution < -0.4 is 11.3 Å². The van der Waals surface area contributed by atoms with Crippen molar-refractivity contribution in [1.29, 1.82) is 0 Å². The van der Waals surface area contributed by atoms with Crippen LogP contribution >= 0.6 is 15.9 Å². The van der Waals surface area contributed by atoms with Crippen molar-refractivity contribution >= 4 is 32.5 Å². The summed E-state index contributed by atoms with van der Waals surface area (Å²) in [5.41, 5.74) is 4.16. The molecular formula is C8H7BrN4. The largest absolute Gasteiger partial charge is 0.322 e. The minimum atomic E-state index is 0.775. The normalized spacial score (nSPS) is 10.3. The van der Waals surface area contributed by atoms with Crippen LogP contribution in [0.5, 0.6) is 0 Å². The summed E-state index contributed by atoms with van der Waals surface area (Å²) in [5.74, 6) is 5.32. The van der Waals surface area contributed by atoms with Crippen molar-refractivity contribution in [2.24, 2.45) is 5.84 Å². The summed E-state index contributed by atoms with van der Waals surface area (Å²) in [6.45, 7) is 0. The number of aromatic nitrogens is 2. The molecule has 0 radical (unpaired) electrons. The molecule has 13 heavy (non-hydrogen) atoms. The average Bonchev–Trinajstić information content (AvgIpc) is 2.16. The molecule has 66 valence electrons. The van der Waals surface area contributed by atoms with E-state index >= 15 is 0 Å². The van der Waals surface area contributed by atoms with Crippen LogP contribution in [0.1, 0.15) is 0 Å². The monoisotopic (exact) mass is 238 g/mol. The molecule has 0 saturated carbocycles. The Morgan fingerprint density at radius 1 is 1.38 bits per heavy atom. The number of hydrogen-bond donors (Lipinski definition) is 2. The Hall–Kier alpha value is -1.20. The van der Waals surface area contributed by atoms with Crippen molar-refractivity contribution in [3.8, 4) is 0 Å². The van der Waals surface area contributed by atoms with Crippen LogP contribution in [0.2, 0.25) is 0 Å². The molecule has 0 amide bonds. The molecule has 4 nitrogen and oxygen atoms in total. The van der Waals surface area contributed by atoms with Crippen LogP contribution in [-0.2, 0) is 0 Å². The number of rotatable bonds is 1. The minimum Gasteiger partial charge on any atom is -0.322 e. The molecule has 0 aliphatic heterocycles. The fourth-order valence-electron chi connectivity index (χ4n) is 1.15. The first kappa shape index (κ1) is 8.40. The third-order valence-electron chi connectivity index (χ3n) is 1.76. The highest BCUT2D eigenvalue weighted by Crippen LogP contribution is 2.22. The van der Waals surface area contributed by atoms with Gasteiger partial charge in [-0.05, 0) is 18.2 Å². The first-order valence-corrected chi connectivity index (χ1v) is 4.48. The number of benzene rings is 1. The predicted octanol–water partition coefficient (Wildman–Crippen LogP) is 1.68. The quantitative estimate of drug-likeness (QED) is 0.587. The molecule has 3 N–H and O–H groups in total. The van der Waals surface area contributed by atoms with Gasteiger partial charge in [0.1, 0.15) is 0 Å². The zero-order chi connectivity index (χ0) is 9.26. The third-order valence-corrected chi connectivity index (χ3v) is 2.25. The molecule has 0 fully saturated rings. The SMILES string of the molecule is NNc1cnnc2cc(Br)ccc12. The average molecular weight is 239 g/mol. The van der Waals surface area contributed by atoms with Crippen molar-refractivity contribution in [2.45, 2.75) is 0 Å². The molecule has 5 heteroatoms. The van der Waals surface area contributed by atoms with E-state index in [1.54, 1.807) is 6.20 Å². The van der Waals surface area contributed by atoms with Gasteiger partial charge in [0.25, 0.3) is 0 Å². The standard InChI is InChI=1S/C8H7BrN4/c9-5-1-2-6-7(3-5)13-11-4-8(6)12-10/h1-4H,10H2,(H,12,13). The molecule has 0 aliphatic rings. The highest BCUT2D eigenvalue weighted by Gasteiger charge is 2.00. The van der Waals surface area contributed by atoms with Gasteiger partial charge in [-0.25, -0.2) is 0 Å². The second-order valence-corrected chi connectivity index (χ2v) is 3.48. The summed E-state index contributed by atoms with van der Waals surface area (Å²) in [6, 6.07) is 5.76. The summed E-state index contributed by atoms with van der Waals surface area (Å²) >= 11 is 3.36. The number of hydrogen-bond acceptors (Lipinski definition) is 4. The molecular weight excluding hydrogens is 232 g/mol. The zero-order valence-electron chi connectivity index (χ0n) is 6.66. The third kappa shape index (κ3) is 1.48. The van der Waals surface area contributed by atoms with Crippen LogP contribution in [0.3, 0.4) is 0 Å². The Bertz CT molecular complexity index is 443. The number of fused-ring (bicyclic) bond motifs is 1. The lowest BCUT2D eigenvalue weighted by atomic mass is 10.2. The first-order chi connectivity index (χ1) is 6.31. The molecule has 0 saturated heterocycles. The fourth-order valence-corrected chi connectivity index (χ4v) is 1.50. The maximum absolute atomic E-state index is 5.32. The number of nitrogen functional groups attached to an aromatic ring is 1. The van der Waals surface area contributed by atoms with Crippen LogP contribution in [-0.4, -0.2) is 10.2 Å². The van der Waals surface area contributed by atoms with Gasteiger partial charge in [-0.1, -0.05) is 15.9 Å². The highest BCUT2D eigenvalue weighted by atomic mass is 79.9. The Balaban J connectivity index is 2.77. The van der Waals surface area contributed by atoms with Crippen LogP contribution in [0.4, 0.5) is 5.69 Å². The van der Waals surface area contributed by atoms with Gasteiger partial charge in [0, 0.05) is 9.86 Å². The lowest BCUT2D eigenvalue weighted by Gasteiger charge is -2.03. The summed E-state index contributed by atoms with van der Waals surface area (Å²) in [4.78, 5) is 0. The maximum Gasteiger partial charge on any atom is 0.0962 e. The number of halogens is 1. The highest BCUT2D eigenvalue weighted by molar-refractivity contribution is 9.10. The predicted molar refractivity (Wildman–Crippen MR) is 55.0 cm³/mol. The van der Waals surface area contributed by atoms with Gasteiger partial charge in [0.2, 0.25) is 0 Å². The second kappa shape index (κ2) is 3.27. The molecule has 0 atom stereocenters. The van der Waals surface area contributed by atoms with Crippen molar-refractivity contribution in [2.75, 3.05) is 5.43 Å². The second-order valence-electron chi connectivity index (χ2n) is 2.56. The van der Waals surface area contributed by atoms with Gasteiger partial charge in [0.15, 0.2) is 0 Å². The topological polar surface area (TPSA) is 63.8 Å². The molecule has 1 aromatic carbocycles. The molecule has 0 unspecified atom stereocenters. The maximum atomic E-state index is 5.32. The molecule has 1 heterocycles. The van der Waals surface area contributed by atoms with Crippen LogP contribution in [0.25, 0.3) is 10.9 Å². The zero-order valence-corrected chi connectivity index (χ0v) is 8.25. The van der Waals surface area contributed by atoms with Crippen molar-refractivity contribution in [3.05, 3.63) is 28.9 Å². The Labute approximate surface area is 83.2 Å². The Kier molecular flexibility index (Phi) is 2.12. The summed E-state index contributed by atoms with van der Waals surface area (Å²) < 4.78 is 0.975.